The number of ether oxygens (including phenoxy) is 1. The highest BCUT2D eigenvalue weighted by molar-refractivity contribution is 5.26. The number of alkyl halides is 3. The zero-order valence-corrected chi connectivity index (χ0v) is 7.14. The maximum absolute atomic E-state index is 12.2. The van der Waals surface area contributed by atoms with Crippen LogP contribution in [-0.4, -0.2) is 16.3 Å². The van der Waals surface area contributed by atoms with Crippen molar-refractivity contribution in [2.24, 2.45) is 0 Å². The summed E-state index contributed by atoms with van der Waals surface area (Å²) >= 11 is 0. The van der Waals surface area contributed by atoms with Gasteiger partial charge >= 0.3 is 6.18 Å². The number of hydrogen-bond donors (Lipinski definition) is 1. The van der Waals surface area contributed by atoms with Gasteiger partial charge in [0, 0.05) is 0 Å². The number of nitrogens with zero attached hydrogens (tertiary/aromatic N) is 1. The first-order valence-corrected chi connectivity index (χ1v) is 3.68. The number of aromatic amines is 1. The van der Waals surface area contributed by atoms with Crippen LogP contribution in [0.15, 0.2) is 6.20 Å². The normalized spacial score (nSPS) is 12.2. The van der Waals surface area contributed by atoms with Crippen molar-refractivity contribution in [2.45, 2.75) is 26.1 Å². The van der Waals surface area contributed by atoms with Crippen molar-refractivity contribution in [1.29, 1.82) is 0 Å². The number of aromatic nitrogens is 2. The number of halogens is 3. The van der Waals surface area contributed by atoms with E-state index in [1.54, 1.807) is 13.8 Å². The minimum absolute atomic E-state index is 0.262. The van der Waals surface area contributed by atoms with E-state index in [0.717, 1.165) is 6.20 Å². The summed E-state index contributed by atoms with van der Waals surface area (Å²) < 4.78 is 41.4. The summed E-state index contributed by atoms with van der Waals surface area (Å²) in [5, 5.41) is 5.12. The lowest BCUT2D eigenvalue weighted by molar-refractivity contribution is -0.142. The standard InChI is InChI=1S/C7H9F3N2O/c1-4(2)13-5-3-11-12-6(5)7(8,9)10/h3-4H,1-2H3,(H,11,12). The van der Waals surface area contributed by atoms with Crippen molar-refractivity contribution in [1.82, 2.24) is 10.2 Å². The third-order valence-electron chi connectivity index (χ3n) is 1.25. The van der Waals surface area contributed by atoms with Crippen molar-refractivity contribution in [2.75, 3.05) is 0 Å². The number of hydrogen-bond acceptors (Lipinski definition) is 2. The highest BCUT2D eigenvalue weighted by atomic mass is 19.4. The molecule has 74 valence electrons. The Balaban J connectivity index is 2.90. The molecule has 0 aliphatic carbocycles. The molecule has 1 aromatic rings. The smallest absolute Gasteiger partial charge is 0.436 e. The second-order valence-corrected chi connectivity index (χ2v) is 2.77. The van der Waals surface area contributed by atoms with E-state index < -0.39 is 11.9 Å². The Labute approximate surface area is 72.9 Å². The molecule has 0 spiro atoms. The van der Waals surface area contributed by atoms with Crippen LogP contribution in [0, 0.1) is 0 Å². The van der Waals surface area contributed by atoms with E-state index in [4.69, 9.17) is 4.74 Å². The SMILES string of the molecule is CC(C)Oc1cn[nH]c1C(F)(F)F. The largest absolute Gasteiger partial charge is 0.487 e. The van der Waals surface area contributed by atoms with Gasteiger partial charge in [0.15, 0.2) is 11.4 Å². The number of nitrogens with one attached hydrogen (secondary N) is 1. The highest BCUT2D eigenvalue weighted by Crippen LogP contribution is 2.34. The summed E-state index contributed by atoms with van der Waals surface area (Å²) in [7, 11) is 0. The van der Waals surface area contributed by atoms with E-state index in [1.807, 2.05) is 5.10 Å². The van der Waals surface area contributed by atoms with Crippen molar-refractivity contribution >= 4 is 0 Å². The van der Waals surface area contributed by atoms with Crippen LogP contribution in [0.1, 0.15) is 19.5 Å². The van der Waals surface area contributed by atoms with Crippen molar-refractivity contribution in [3.63, 3.8) is 0 Å². The molecule has 0 aliphatic heterocycles. The molecule has 1 heterocycles. The van der Waals surface area contributed by atoms with Gasteiger partial charge in [0.1, 0.15) is 0 Å². The van der Waals surface area contributed by atoms with Crippen LogP contribution < -0.4 is 4.74 Å². The van der Waals surface area contributed by atoms with Crippen molar-refractivity contribution in [3.8, 4) is 5.75 Å². The maximum Gasteiger partial charge on any atom is 0.436 e. The molecule has 0 radical (unpaired) electrons. The molecule has 0 amide bonds. The molecular formula is C7H9F3N2O. The highest BCUT2D eigenvalue weighted by Gasteiger charge is 2.36. The van der Waals surface area contributed by atoms with Gasteiger partial charge in [-0.1, -0.05) is 0 Å². The Morgan fingerprint density at radius 1 is 1.46 bits per heavy atom. The summed E-state index contributed by atoms with van der Waals surface area (Å²) in [6.07, 6.45) is -3.73. The molecule has 0 aromatic carbocycles. The second-order valence-electron chi connectivity index (χ2n) is 2.77. The van der Waals surface area contributed by atoms with Gasteiger partial charge in [-0.3, -0.25) is 5.10 Å². The fourth-order valence-electron chi connectivity index (χ4n) is 0.821. The number of rotatable bonds is 2. The van der Waals surface area contributed by atoms with Crippen LogP contribution >= 0.6 is 0 Å². The summed E-state index contributed by atoms with van der Waals surface area (Å²) in [6.45, 7) is 3.29. The predicted octanol–water partition coefficient (Wildman–Crippen LogP) is 2.22. The van der Waals surface area contributed by atoms with Crippen LogP contribution in [0.25, 0.3) is 0 Å². The van der Waals surface area contributed by atoms with Gasteiger partial charge in [-0.15, -0.1) is 0 Å². The zero-order valence-electron chi connectivity index (χ0n) is 7.14. The lowest BCUT2D eigenvalue weighted by Gasteiger charge is -2.10. The minimum atomic E-state index is -4.44. The Hall–Kier alpha value is -1.20. The molecular weight excluding hydrogens is 185 g/mol. The van der Waals surface area contributed by atoms with Crippen LogP contribution in [0.3, 0.4) is 0 Å². The number of H-pyrrole nitrogens is 1. The van der Waals surface area contributed by atoms with Gasteiger partial charge in [0.25, 0.3) is 0 Å². The Kier molecular flexibility index (Phi) is 2.49. The quantitative estimate of drug-likeness (QED) is 0.783. The van der Waals surface area contributed by atoms with Crippen LogP contribution in [0.5, 0.6) is 5.75 Å². The van der Waals surface area contributed by atoms with E-state index in [-0.39, 0.29) is 11.9 Å². The predicted molar refractivity (Wildman–Crippen MR) is 39.4 cm³/mol. The molecule has 0 saturated heterocycles. The van der Waals surface area contributed by atoms with E-state index in [2.05, 4.69) is 5.10 Å². The van der Waals surface area contributed by atoms with Crippen LogP contribution in [-0.2, 0) is 6.18 Å². The fourth-order valence-corrected chi connectivity index (χ4v) is 0.821. The Morgan fingerprint density at radius 2 is 2.08 bits per heavy atom. The van der Waals surface area contributed by atoms with Gasteiger partial charge in [0.2, 0.25) is 0 Å². The first-order valence-electron chi connectivity index (χ1n) is 3.68. The molecule has 1 aromatic heterocycles. The molecule has 13 heavy (non-hydrogen) atoms. The Morgan fingerprint density at radius 3 is 2.54 bits per heavy atom. The average Bonchev–Trinajstić information content (AvgIpc) is 2.31. The van der Waals surface area contributed by atoms with Gasteiger partial charge in [-0.05, 0) is 13.8 Å². The molecule has 0 saturated carbocycles. The molecule has 0 fully saturated rings. The van der Waals surface area contributed by atoms with Gasteiger partial charge < -0.3 is 4.74 Å². The first kappa shape index (κ1) is 9.88. The fraction of sp³-hybridized carbons (Fsp3) is 0.571. The second kappa shape index (κ2) is 3.27. The third kappa shape index (κ3) is 2.37. The van der Waals surface area contributed by atoms with Crippen molar-refractivity contribution < 1.29 is 17.9 Å². The van der Waals surface area contributed by atoms with Gasteiger partial charge in [-0.2, -0.15) is 18.3 Å². The topological polar surface area (TPSA) is 37.9 Å². The van der Waals surface area contributed by atoms with Crippen molar-refractivity contribution in [3.05, 3.63) is 11.9 Å². The monoisotopic (exact) mass is 194 g/mol. The van der Waals surface area contributed by atoms with E-state index in [1.165, 1.54) is 0 Å². The summed E-state index contributed by atoms with van der Waals surface area (Å²) in [5.41, 5.74) is -0.943. The molecule has 1 rings (SSSR count). The molecule has 0 bridgehead atoms. The zero-order chi connectivity index (χ0) is 10.1. The molecule has 0 unspecified atom stereocenters. The first-order chi connectivity index (χ1) is 5.91. The van der Waals surface area contributed by atoms with Crippen LogP contribution in [0.2, 0.25) is 0 Å². The van der Waals surface area contributed by atoms with Gasteiger partial charge in [0.05, 0.1) is 12.3 Å². The summed E-state index contributed by atoms with van der Waals surface area (Å²) in [6, 6.07) is 0. The van der Waals surface area contributed by atoms with E-state index in [9.17, 15) is 13.2 Å². The summed E-state index contributed by atoms with van der Waals surface area (Å²) in [4.78, 5) is 0. The Bertz CT molecular complexity index is 280. The lowest BCUT2D eigenvalue weighted by Crippen LogP contribution is -2.12. The van der Waals surface area contributed by atoms with Crippen LogP contribution in [0.4, 0.5) is 13.2 Å². The molecule has 6 heteroatoms. The molecule has 0 atom stereocenters. The molecule has 3 nitrogen and oxygen atoms in total. The molecule has 1 N–H and O–H groups in total. The minimum Gasteiger partial charge on any atom is -0.487 e. The lowest BCUT2D eigenvalue weighted by atomic mass is 10.4. The average molecular weight is 194 g/mol. The maximum atomic E-state index is 12.2. The van der Waals surface area contributed by atoms with E-state index in [0.29, 0.717) is 0 Å². The molecule has 0 aliphatic rings. The van der Waals surface area contributed by atoms with Gasteiger partial charge in [-0.25, -0.2) is 0 Å². The third-order valence-corrected chi connectivity index (χ3v) is 1.25. The summed E-state index contributed by atoms with van der Waals surface area (Å²) in [5.74, 6) is -0.262. The van der Waals surface area contributed by atoms with E-state index >= 15 is 0 Å².